The van der Waals surface area contributed by atoms with Crippen LogP contribution in [0.4, 0.5) is 0 Å². The molecular formula is C25H36O13S2-2. The molecule has 0 radical (unpaired) electrons. The molecule has 4 aliphatic carbocycles. The zero-order valence-corrected chi connectivity index (χ0v) is 24.1. The first-order valence-corrected chi connectivity index (χ1v) is 15.6. The summed E-state index contributed by atoms with van der Waals surface area (Å²) in [6.45, 7) is 5.73. The summed E-state index contributed by atoms with van der Waals surface area (Å²) in [5, 5.41) is 21.6. The molecule has 14 atom stereocenters. The van der Waals surface area contributed by atoms with Crippen molar-refractivity contribution in [2.45, 2.75) is 109 Å². The lowest BCUT2D eigenvalue weighted by atomic mass is 9.48. The monoisotopic (exact) mass is 608 g/mol. The van der Waals surface area contributed by atoms with E-state index in [9.17, 15) is 32.5 Å². The van der Waals surface area contributed by atoms with Crippen LogP contribution in [0.25, 0.3) is 0 Å². The van der Waals surface area contributed by atoms with Gasteiger partial charge in [-0.1, -0.05) is 25.5 Å². The third-order valence-corrected chi connectivity index (χ3v) is 10.6. The van der Waals surface area contributed by atoms with Gasteiger partial charge >= 0.3 is 0 Å². The lowest BCUT2D eigenvalue weighted by Crippen LogP contribution is -2.61. The Hall–Kier alpha value is -0.690. The second kappa shape index (κ2) is 11.8. The first kappa shape index (κ1) is 30.8. The Morgan fingerprint density at radius 2 is 1.70 bits per heavy atom. The van der Waals surface area contributed by atoms with Gasteiger partial charge in [-0.05, 0) is 68.6 Å². The molecule has 40 heavy (non-hydrogen) atoms. The molecule has 4 fully saturated rings. The fourth-order valence-electron chi connectivity index (χ4n) is 8.11. The van der Waals surface area contributed by atoms with Crippen LogP contribution in [0.15, 0.2) is 11.6 Å². The van der Waals surface area contributed by atoms with Crippen molar-refractivity contribution in [2.75, 3.05) is 0 Å². The minimum Gasteiger partial charge on any atom is -0.748 e. The smallest absolute Gasteiger partial charge is 0.186 e. The van der Waals surface area contributed by atoms with Crippen LogP contribution in [0.1, 0.15) is 65.7 Å². The minimum absolute atomic E-state index is 0.0684. The molecule has 1 heterocycles. The average Bonchev–Trinajstić information content (AvgIpc) is 3.20. The summed E-state index contributed by atoms with van der Waals surface area (Å²) in [5.74, 6) is 0.308. The summed E-state index contributed by atoms with van der Waals surface area (Å²) in [7, 11) is 0. The summed E-state index contributed by atoms with van der Waals surface area (Å²) in [4.78, 5) is 22.8. The van der Waals surface area contributed by atoms with Gasteiger partial charge in [-0.3, -0.25) is 4.79 Å². The van der Waals surface area contributed by atoms with Gasteiger partial charge in [-0.25, -0.2) is 18.2 Å². The summed E-state index contributed by atoms with van der Waals surface area (Å²) in [6.07, 6.45) is -1.22. The van der Waals surface area contributed by atoms with E-state index in [2.05, 4.69) is 21.7 Å². The van der Waals surface area contributed by atoms with Crippen LogP contribution in [0.2, 0.25) is 0 Å². The molecule has 0 bridgehead atoms. The molecule has 5 aliphatic rings. The lowest BCUT2D eigenvalue weighted by molar-refractivity contribution is -0.364. The number of hydrogen-bond acceptors (Lipinski definition) is 13. The molecule has 0 aromatic heterocycles. The van der Waals surface area contributed by atoms with Crippen LogP contribution < -0.4 is 0 Å². The van der Waals surface area contributed by atoms with Crippen molar-refractivity contribution < 1.29 is 60.4 Å². The molecule has 1 aliphatic heterocycles. The second-order valence-electron chi connectivity index (χ2n) is 12.2. The maximum atomic E-state index is 12.9. The molecule has 3 saturated carbocycles. The maximum Gasteiger partial charge on any atom is 0.186 e. The molecule has 0 aromatic carbocycles. The first-order valence-electron chi connectivity index (χ1n) is 13.6. The molecule has 2 N–H and O–H groups in total. The average molecular weight is 609 g/mol. The van der Waals surface area contributed by atoms with Crippen molar-refractivity contribution in [2.24, 2.45) is 28.6 Å². The van der Waals surface area contributed by atoms with E-state index in [1.807, 2.05) is 6.92 Å². The molecule has 228 valence electrons. The zero-order valence-electron chi connectivity index (χ0n) is 22.5. The summed E-state index contributed by atoms with van der Waals surface area (Å²) >= 11 is -5.82. The number of carbonyl (C=O) groups excluding carboxylic acids is 1. The Kier molecular flexibility index (Phi) is 9.05. The van der Waals surface area contributed by atoms with Crippen LogP contribution >= 0.6 is 0 Å². The largest absolute Gasteiger partial charge is 0.748 e. The van der Waals surface area contributed by atoms with Crippen LogP contribution in [0, 0.1) is 28.6 Å². The number of ketones is 1. The van der Waals surface area contributed by atoms with Crippen molar-refractivity contribution in [1.29, 1.82) is 0 Å². The van der Waals surface area contributed by atoms with Crippen molar-refractivity contribution in [3.63, 3.8) is 0 Å². The number of ether oxygens (including phenoxy) is 2. The van der Waals surface area contributed by atoms with Crippen LogP contribution in [0.3, 0.4) is 0 Å². The van der Waals surface area contributed by atoms with E-state index in [0.29, 0.717) is 38.5 Å². The highest BCUT2D eigenvalue weighted by atomic mass is 32.2. The van der Waals surface area contributed by atoms with Crippen LogP contribution in [-0.4, -0.2) is 76.4 Å². The molecule has 15 heteroatoms. The Balaban J connectivity index is 1.41. The van der Waals surface area contributed by atoms with E-state index in [4.69, 9.17) is 19.2 Å². The van der Waals surface area contributed by atoms with Gasteiger partial charge in [-0.2, -0.15) is 0 Å². The van der Waals surface area contributed by atoms with E-state index in [1.165, 1.54) is 12.5 Å². The Morgan fingerprint density at radius 3 is 2.40 bits per heavy atom. The topological polar surface area (TPSA) is 193 Å². The zero-order chi connectivity index (χ0) is 29.0. The van der Waals surface area contributed by atoms with E-state index >= 15 is 0 Å². The number of hydrogen-bond donors (Lipinski definition) is 2. The van der Waals surface area contributed by atoms with Crippen LogP contribution in [0.5, 0.6) is 0 Å². The Bertz CT molecular complexity index is 1060. The van der Waals surface area contributed by atoms with E-state index in [1.54, 1.807) is 0 Å². The van der Waals surface area contributed by atoms with E-state index in [0.717, 1.165) is 6.42 Å². The fourth-order valence-corrected chi connectivity index (χ4v) is 8.44. The van der Waals surface area contributed by atoms with Gasteiger partial charge in [0.1, 0.15) is 46.8 Å². The fraction of sp³-hybridized carbons (Fsp3) is 0.880. The van der Waals surface area contributed by atoms with E-state index < -0.39 is 71.1 Å². The highest BCUT2D eigenvalue weighted by molar-refractivity contribution is 7.74. The number of fused-ring (bicyclic) bond motifs is 5. The Labute approximate surface area is 237 Å². The number of rotatable bonds is 8. The predicted octanol–water partition coefficient (Wildman–Crippen LogP) is 1.20. The maximum absolute atomic E-state index is 12.9. The molecule has 14 unspecified atom stereocenters. The van der Waals surface area contributed by atoms with Crippen molar-refractivity contribution >= 4 is 28.5 Å². The second-order valence-corrected chi connectivity index (χ2v) is 13.3. The molecule has 13 nitrogen and oxygen atoms in total. The van der Waals surface area contributed by atoms with Gasteiger partial charge in [-0.15, -0.1) is 8.67 Å². The van der Waals surface area contributed by atoms with Crippen molar-refractivity contribution in [1.82, 2.24) is 0 Å². The van der Waals surface area contributed by atoms with Gasteiger partial charge < -0.3 is 28.8 Å². The lowest BCUT2D eigenvalue weighted by Gasteiger charge is -2.58. The quantitative estimate of drug-likeness (QED) is 0.173. The van der Waals surface area contributed by atoms with Gasteiger partial charge in [0.05, 0.1) is 18.3 Å². The summed E-state index contributed by atoms with van der Waals surface area (Å²) in [6, 6.07) is 0. The minimum atomic E-state index is -2.99. The van der Waals surface area contributed by atoms with Crippen molar-refractivity contribution in [3.8, 4) is 0 Å². The number of aliphatic hydroxyl groups is 2. The first-order chi connectivity index (χ1) is 18.8. The predicted molar refractivity (Wildman–Crippen MR) is 133 cm³/mol. The summed E-state index contributed by atoms with van der Waals surface area (Å²) < 4.78 is 64.2. The number of aliphatic hydroxyl groups excluding tert-OH is 2. The van der Waals surface area contributed by atoms with Gasteiger partial charge in [0.25, 0.3) is 0 Å². The normalized spacial score (nSPS) is 48.5. The van der Waals surface area contributed by atoms with E-state index in [-0.39, 0.29) is 29.0 Å². The molecule has 0 aromatic rings. The molecule has 0 spiro atoms. The third-order valence-electron chi connectivity index (χ3n) is 10.2. The SMILES string of the molecule is CC1OC(OC2CC3C(=CCC4(C)C(=O)CCC34)C3(C)CCC(OOS(=O)[O-])CC23)C(O)C(O)C1OOS(=O)[O-]. The molecular weight excluding hydrogens is 572 g/mol. The molecule has 1 saturated heterocycles. The van der Waals surface area contributed by atoms with Gasteiger partial charge in [0.2, 0.25) is 0 Å². The van der Waals surface area contributed by atoms with Gasteiger partial charge in [0, 0.05) is 11.8 Å². The summed E-state index contributed by atoms with van der Waals surface area (Å²) in [5.41, 5.74) is 0.501. The Morgan fingerprint density at radius 1 is 1.00 bits per heavy atom. The number of Topliss-reactive ketones (excluding diaryl/α,β-unsaturated/α-hetero) is 1. The highest BCUT2D eigenvalue weighted by Crippen LogP contribution is 2.64. The van der Waals surface area contributed by atoms with Crippen molar-refractivity contribution in [3.05, 3.63) is 11.6 Å². The molecule has 0 amide bonds. The number of carbonyl (C=O) groups is 1. The third kappa shape index (κ3) is 5.53. The highest BCUT2D eigenvalue weighted by Gasteiger charge is 2.60. The standard InChI is InChI=1S/C25H38O13S2/c1-12-22(36-38-40(31)32)20(27)21(28)23(33-12)34-18-11-14-15-4-5-19(26)25(15,3)9-7-16(14)24(2)8-6-13(10-17(18)24)35-37-39(29)30/h7,12-15,17-18,20-23,27-28H,4-6,8-11H2,1-3H3,(H,29,30)(H,31,32)/p-2. The number of allylic oxidation sites excluding steroid dienone is 2. The van der Waals surface area contributed by atoms with Crippen LogP contribution in [-0.2, 0) is 55.4 Å². The molecule has 5 rings (SSSR count). The van der Waals surface area contributed by atoms with Gasteiger partial charge in [0.15, 0.2) is 6.29 Å².